The first kappa shape index (κ1) is 13.6. The normalized spacial score (nSPS) is 12.5. The monoisotopic (exact) mass is 334 g/mol. The van der Waals surface area contributed by atoms with Crippen molar-refractivity contribution in [3.63, 3.8) is 0 Å². The van der Waals surface area contributed by atoms with Gasteiger partial charge in [-0.2, -0.15) is 0 Å². The molecule has 90 valence electrons. The predicted molar refractivity (Wildman–Crippen MR) is 77.9 cm³/mol. The number of hydrogen-bond acceptors (Lipinski definition) is 3. The molecule has 0 heterocycles. The number of hydrogen-bond donors (Lipinski definition) is 1. The zero-order valence-electron chi connectivity index (χ0n) is 10.0. The fourth-order valence-electron chi connectivity index (χ4n) is 1.84. The maximum absolute atomic E-state index is 6.04. The molecular formula is C12H19IN2O. The van der Waals surface area contributed by atoms with Crippen LogP contribution >= 0.6 is 22.6 Å². The Bertz CT molecular complexity index is 344. The van der Waals surface area contributed by atoms with Crippen molar-refractivity contribution >= 4 is 34.0 Å². The molecule has 0 saturated heterocycles. The van der Waals surface area contributed by atoms with Crippen LogP contribution in [0.4, 0.5) is 11.4 Å². The predicted octanol–water partition coefficient (Wildman–Crippen LogP) is 2.73. The van der Waals surface area contributed by atoms with Gasteiger partial charge in [0.25, 0.3) is 0 Å². The Kier molecular flexibility index (Phi) is 5.34. The van der Waals surface area contributed by atoms with Gasteiger partial charge in [0.2, 0.25) is 0 Å². The number of likely N-dealkylation sites (N-methyl/N-ethyl adjacent to an activating group) is 1. The molecular weight excluding hydrogens is 315 g/mol. The van der Waals surface area contributed by atoms with Gasteiger partial charge in [0.1, 0.15) is 0 Å². The van der Waals surface area contributed by atoms with E-state index >= 15 is 0 Å². The third-order valence-corrected chi connectivity index (χ3v) is 3.25. The summed E-state index contributed by atoms with van der Waals surface area (Å²) in [6.45, 7) is 5.91. The summed E-state index contributed by atoms with van der Waals surface area (Å²) < 4.78 is 6.35. The summed E-state index contributed by atoms with van der Waals surface area (Å²) in [5, 5.41) is 0. The minimum absolute atomic E-state index is 0.331. The molecule has 1 aromatic carbocycles. The van der Waals surface area contributed by atoms with Crippen molar-refractivity contribution in [3.05, 3.63) is 21.8 Å². The molecule has 0 saturated carbocycles. The van der Waals surface area contributed by atoms with Crippen LogP contribution in [0.25, 0.3) is 0 Å². The number of nitrogen functional groups attached to an aromatic ring is 1. The molecule has 1 rings (SSSR count). The van der Waals surface area contributed by atoms with Crippen molar-refractivity contribution in [3.8, 4) is 0 Å². The third kappa shape index (κ3) is 3.25. The van der Waals surface area contributed by atoms with E-state index in [1.807, 2.05) is 6.07 Å². The molecule has 0 fully saturated rings. The summed E-state index contributed by atoms with van der Waals surface area (Å²) in [4.78, 5) is 2.26. The molecule has 0 aliphatic carbocycles. The van der Waals surface area contributed by atoms with Gasteiger partial charge in [-0.05, 0) is 54.6 Å². The Hall–Kier alpha value is -0.490. The number of nitrogens with two attached hydrogens (primary N) is 1. The number of rotatable bonds is 5. The second-order valence-corrected chi connectivity index (χ2v) is 5.04. The van der Waals surface area contributed by atoms with Gasteiger partial charge in [-0.25, -0.2) is 0 Å². The lowest BCUT2D eigenvalue weighted by atomic mass is 10.2. The van der Waals surface area contributed by atoms with Crippen molar-refractivity contribution < 1.29 is 4.74 Å². The Morgan fingerprint density at radius 2 is 2.19 bits per heavy atom. The molecule has 3 nitrogen and oxygen atoms in total. The summed E-state index contributed by atoms with van der Waals surface area (Å²) in [5.41, 5.74) is 7.97. The van der Waals surface area contributed by atoms with Crippen LogP contribution in [0, 0.1) is 3.57 Å². The first-order valence-electron chi connectivity index (χ1n) is 5.40. The number of nitrogens with zero attached hydrogens (tertiary/aromatic N) is 1. The zero-order valence-corrected chi connectivity index (χ0v) is 12.2. The first-order chi connectivity index (χ1) is 7.60. The summed E-state index contributed by atoms with van der Waals surface area (Å²) in [7, 11) is 1.72. The highest BCUT2D eigenvalue weighted by Crippen LogP contribution is 2.26. The van der Waals surface area contributed by atoms with Gasteiger partial charge in [-0.15, -0.1) is 0 Å². The lowest BCUT2D eigenvalue weighted by molar-refractivity contribution is 0.182. The maximum Gasteiger partial charge on any atom is 0.0663 e. The largest absolute Gasteiger partial charge is 0.397 e. The van der Waals surface area contributed by atoms with Gasteiger partial charge < -0.3 is 15.4 Å². The van der Waals surface area contributed by atoms with Gasteiger partial charge >= 0.3 is 0 Å². The first-order valence-corrected chi connectivity index (χ1v) is 6.48. The second kappa shape index (κ2) is 6.30. The maximum atomic E-state index is 6.04. The van der Waals surface area contributed by atoms with Crippen LogP contribution in [0.1, 0.15) is 13.8 Å². The topological polar surface area (TPSA) is 38.5 Å². The van der Waals surface area contributed by atoms with Crippen molar-refractivity contribution in [2.24, 2.45) is 0 Å². The molecule has 0 spiro atoms. The van der Waals surface area contributed by atoms with Gasteiger partial charge in [-0.1, -0.05) is 0 Å². The van der Waals surface area contributed by atoms with Gasteiger partial charge in [0.15, 0.2) is 0 Å². The minimum atomic E-state index is 0.331. The molecule has 0 aromatic heterocycles. The Balaban J connectivity index is 2.94. The Morgan fingerprint density at radius 1 is 1.50 bits per heavy atom. The van der Waals surface area contributed by atoms with E-state index in [9.17, 15) is 0 Å². The summed E-state index contributed by atoms with van der Waals surface area (Å²) in [6, 6.07) is 6.48. The SMILES string of the molecule is CCN(c1ccc(I)cc1N)C(C)COC. The van der Waals surface area contributed by atoms with Crippen LogP contribution in [-0.2, 0) is 4.74 Å². The molecule has 4 heteroatoms. The molecule has 0 radical (unpaired) electrons. The summed E-state index contributed by atoms with van der Waals surface area (Å²) >= 11 is 2.27. The van der Waals surface area contributed by atoms with Gasteiger partial charge in [0.05, 0.1) is 18.0 Å². The molecule has 0 aliphatic heterocycles. The van der Waals surface area contributed by atoms with Crippen LogP contribution in [0.5, 0.6) is 0 Å². The third-order valence-electron chi connectivity index (χ3n) is 2.58. The number of ether oxygens (including phenoxy) is 1. The van der Waals surface area contributed by atoms with E-state index in [1.54, 1.807) is 7.11 Å². The highest BCUT2D eigenvalue weighted by atomic mass is 127. The molecule has 0 aliphatic rings. The molecule has 0 amide bonds. The number of methoxy groups -OCH3 is 1. The average Bonchev–Trinajstić information content (AvgIpc) is 2.22. The van der Waals surface area contributed by atoms with Gasteiger partial charge in [0, 0.05) is 23.3 Å². The molecule has 0 bridgehead atoms. The smallest absolute Gasteiger partial charge is 0.0663 e. The van der Waals surface area contributed by atoms with Crippen molar-refractivity contribution in [1.82, 2.24) is 0 Å². The fraction of sp³-hybridized carbons (Fsp3) is 0.500. The number of benzene rings is 1. The highest BCUT2D eigenvalue weighted by molar-refractivity contribution is 14.1. The van der Waals surface area contributed by atoms with E-state index in [4.69, 9.17) is 10.5 Å². The van der Waals surface area contributed by atoms with E-state index in [0.29, 0.717) is 12.6 Å². The van der Waals surface area contributed by atoms with Gasteiger partial charge in [-0.3, -0.25) is 0 Å². The molecule has 16 heavy (non-hydrogen) atoms. The van der Waals surface area contributed by atoms with Crippen molar-refractivity contribution in [2.45, 2.75) is 19.9 Å². The van der Waals surface area contributed by atoms with E-state index in [2.05, 4.69) is 53.5 Å². The zero-order chi connectivity index (χ0) is 12.1. The second-order valence-electron chi connectivity index (χ2n) is 3.79. The molecule has 1 atom stereocenters. The highest BCUT2D eigenvalue weighted by Gasteiger charge is 2.14. The lowest BCUT2D eigenvalue weighted by Crippen LogP contribution is -2.36. The van der Waals surface area contributed by atoms with E-state index in [1.165, 1.54) is 0 Å². The van der Waals surface area contributed by atoms with Crippen LogP contribution in [-0.4, -0.2) is 26.3 Å². The average molecular weight is 334 g/mol. The molecule has 2 N–H and O–H groups in total. The van der Waals surface area contributed by atoms with E-state index in [-0.39, 0.29) is 0 Å². The quantitative estimate of drug-likeness (QED) is 0.665. The van der Waals surface area contributed by atoms with Crippen molar-refractivity contribution in [2.75, 3.05) is 30.9 Å². The van der Waals surface area contributed by atoms with Crippen molar-refractivity contribution in [1.29, 1.82) is 0 Å². The molecule has 1 unspecified atom stereocenters. The fourth-order valence-corrected chi connectivity index (χ4v) is 2.35. The number of anilines is 2. The molecule has 1 aromatic rings. The van der Waals surface area contributed by atoms with Crippen LogP contribution < -0.4 is 10.6 Å². The number of halogens is 1. The van der Waals surface area contributed by atoms with E-state index in [0.717, 1.165) is 21.5 Å². The summed E-state index contributed by atoms with van der Waals surface area (Å²) in [5.74, 6) is 0. The minimum Gasteiger partial charge on any atom is -0.397 e. The Morgan fingerprint density at radius 3 is 2.69 bits per heavy atom. The lowest BCUT2D eigenvalue weighted by Gasteiger charge is -2.30. The van der Waals surface area contributed by atoms with E-state index < -0.39 is 0 Å². The van der Waals surface area contributed by atoms with Crippen LogP contribution in [0.3, 0.4) is 0 Å². The Labute approximate surface area is 111 Å². The summed E-state index contributed by atoms with van der Waals surface area (Å²) in [6.07, 6.45) is 0. The van der Waals surface area contributed by atoms with Crippen LogP contribution in [0.15, 0.2) is 18.2 Å². The standard InChI is InChI=1S/C12H19IN2O/c1-4-15(9(2)8-16-3)12-6-5-10(13)7-11(12)14/h5-7,9H,4,8,14H2,1-3H3. The van der Waals surface area contributed by atoms with Crippen LogP contribution in [0.2, 0.25) is 0 Å².